The van der Waals surface area contributed by atoms with Gasteiger partial charge in [-0.3, -0.25) is 4.79 Å². The van der Waals surface area contributed by atoms with Crippen molar-refractivity contribution in [2.24, 2.45) is 5.10 Å². The maximum atomic E-state index is 13.1. The van der Waals surface area contributed by atoms with E-state index < -0.39 is 17.4 Å². The molecule has 166 valence electrons. The number of aromatic amines is 1. The highest BCUT2D eigenvalue weighted by Gasteiger charge is 2.13. The van der Waals surface area contributed by atoms with Crippen molar-refractivity contribution in [2.75, 3.05) is 13.2 Å². The summed E-state index contributed by atoms with van der Waals surface area (Å²) in [5, 5.41) is 4.25. The molecule has 1 heterocycles. The maximum Gasteiger partial charge on any atom is 0.346 e. The van der Waals surface area contributed by atoms with Gasteiger partial charge in [-0.05, 0) is 61.9 Å². The number of rotatable bonds is 8. The molecule has 0 atom stereocenters. The zero-order valence-electron chi connectivity index (χ0n) is 17.3. The fraction of sp³-hybridized carbons (Fsp3) is 0.182. The van der Waals surface area contributed by atoms with E-state index in [1.807, 2.05) is 13.8 Å². The monoisotopic (exact) mass is 458 g/mol. The number of hydrogen-bond donors (Lipinski definition) is 2. The van der Waals surface area contributed by atoms with Gasteiger partial charge in [0.2, 0.25) is 0 Å². The highest BCUT2D eigenvalue weighted by molar-refractivity contribution is 6.32. The van der Waals surface area contributed by atoms with Crippen LogP contribution in [-0.4, -0.2) is 35.3 Å². The smallest absolute Gasteiger partial charge is 0.346 e. The summed E-state index contributed by atoms with van der Waals surface area (Å²) < 4.78 is 24.2. The van der Waals surface area contributed by atoms with E-state index in [9.17, 15) is 14.0 Å². The molecule has 0 unspecified atom stereocenters. The Morgan fingerprint density at radius 1 is 1.19 bits per heavy atom. The topological polar surface area (TPSA) is 106 Å². The minimum absolute atomic E-state index is 0.0544. The zero-order chi connectivity index (χ0) is 23.1. The van der Waals surface area contributed by atoms with Crippen LogP contribution in [0.1, 0.15) is 29.9 Å². The van der Waals surface area contributed by atoms with Crippen molar-refractivity contribution >= 4 is 23.7 Å². The minimum Gasteiger partial charge on any atom is -0.490 e. The lowest BCUT2D eigenvalue weighted by atomic mass is 10.1. The maximum absolute atomic E-state index is 13.1. The largest absolute Gasteiger partial charge is 0.490 e. The molecular formula is C22H20ClFN4O4. The van der Waals surface area contributed by atoms with E-state index in [0.717, 1.165) is 0 Å². The molecule has 32 heavy (non-hydrogen) atoms. The highest BCUT2D eigenvalue weighted by atomic mass is 35.5. The molecule has 1 aromatic heterocycles. The van der Waals surface area contributed by atoms with Crippen LogP contribution < -0.4 is 20.6 Å². The average Bonchev–Trinajstić information content (AvgIpc) is 2.76. The van der Waals surface area contributed by atoms with Crippen LogP contribution in [0.3, 0.4) is 0 Å². The van der Waals surface area contributed by atoms with E-state index in [2.05, 4.69) is 20.5 Å². The number of ether oxygens (including phenoxy) is 2. The van der Waals surface area contributed by atoms with Gasteiger partial charge >= 0.3 is 5.69 Å². The summed E-state index contributed by atoms with van der Waals surface area (Å²) in [4.78, 5) is 30.5. The number of halogens is 2. The third kappa shape index (κ3) is 5.70. The fourth-order valence-electron chi connectivity index (χ4n) is 2.78. The predicted molar refractivity (Wildman–Crippen MR) is 119 cm³/mol. The predicted octanol–water partition coefficient (Wildman–Crippen LogP) is 3.79. The molecule has 3 rings (SSSR count). The molecule has 0 aliphatic rings. The molecule has 3 aromatic rings. The quantitative estimate of drug-likeness (QED) is 0.394. The lowest BCUT2D eigenvalue weighted by molar-refractivity contribution is 0.0949. The van der Waals surface area contributed by atoms with Gasteiger partial charge in [0.15, 0.2) is 11.5 Å². The van der Waals surface area contributed by atoms with Gasteiger partial charge < -0.3 is 14.5 Å². The summed E-state index contributed by atoms with van der Waals surface area (Å²) in [5.41, 5.74) is 2.83. The molecule has 0 radical (unpaired) electrons. The van der Waals surface area contributed by atoms with Crippen LogP contribution >= 0.6 is 11.6 Å². The fourth-order valence-corrected chi connectivity index (χ4v) is 3.06. The van der Waals surface area contributed by atoms with Crippen LogP contribution in [0, 0.1) is 5.82 Å². The molecule has 0 spiro atoms. The van der Waals surface area contributed by atoms with Crippen LogP contribution in [0.25, 0.3) is 11.3 Å². The molecule has 0 bridgehead atoms. The van der Waals surface area contributed by atoms with Crippen molar-refractivity contribution in [2.45, 2.75) is 13.8 Å². The molecule has 2 N–H and O–H groups in total. The van der Waals surface area contributed by atoms with Gasteiger partial charge in [0.05, 0.1) is 30.1 Å². The van der Waals surface area contributed by atoms with Gasteiger partial charge in [0, 0.05) is 5.56 Å². The normalized spacial score (nSPS) is 10.9. The number of carbonyl (C=O) groups is 1. The summed E-state index contributed by atoms with van der Waals surface area (Å²) in [6.45, 7) is 4.51. The molecule has 0 saturated heterocycles. The number of aromatic nitrogens is 2. The van der Waals surface area contributed by atoms with E-state index in [-0.39, 0.29) is 11.4 Å². The summed E-state index contributed by atoms with van der Waals surface area (Å²) in [6.07, 6.45) is 1.38. The molecule has 0 aliphatic carbocycles. The Morgan fingerprint density at radius 2 is 1.91 bits per heavy atom. The number of carbonyl (C=O) groups excluding carboxylic acids is 1. The van der Waals surface area contributed by atoms with Crippen LogP contribution in [-0.2, 0) is 0 Å². The number of hydrogen-bond acceptors (Lipinski definition) is 6. The average molecular weight is 459 g/mol. The van der Waals surface area contributed by atoms with Crippen molar-refractivity contribution in [3.63, 3.8) is 0 Å². The van der Waals surface area contributed by atoms with Crippen molar-refractivity contribution in [3.8, 4) is 22.8 Å². The number of nitrogens with zero attached hydrogens (tertiary/aromatic N) is 2. The Morgan fingerprint density at radius 3 is 2.59 bits per heavy atom. The number of hydrazone groups is 1. The van der Waals surface area contributed by atoms with Gasteiger partial charge in [0.1, 0.15) is 11.5 Å². The Kier molecular flexibility index (Phi) is 7.56. The first-order valence-corrected chi connectivity index (χ1v) is 10.1. The number of amides is 1. The highest BCUT2D eigenvalue weighted by Crippen LogP contribution is 2.36. The van der Waals surface area contributed by atoms with Crippen LogP contribution in [0.15, 0.2) is 52.4 Å². The molecular weight excluding hydrogens is 439 g/mol. The van der Waals surface area contributed by atoms with Crippen LogP contribution in [0.2, 0.25) is 5.02 Å². The van der Waals surface area contributed by atoms with Gasteiger partial charge in [-0.2, -0.15) is 10.1 Å². The molecule has 0 saturated carbocycles. The van der Waals surface area contributed by atoms with Crippen LogP contribution in [0.4, 0.5) is 4.39 Å². The van der Waals surface area contributed by atoms with Crippen molar-refractivity contribution in [1.82, 2.24) is 15.4 Å². The molecule has 8 nitrogen and oxygen atoms in total. The molecule has 2 aromatic carbocycles. The lowest BCUT2D eigenvalue weighted by Gasteiger charge is -2.13. The second-order valence-electron chi connectivity index (χ2n) is 6.39. The second-order valence-corrected chi connectivity index (χ2v) is 6.79. The van der Waals surface area contributed by atoms with Crippen LogP contribution in [0.5, 0.6) is 11.5 Å². The minimum atomic E-state index is -0.722. The summed E-state index contributed by atoms with van der Waals surface area (Å²) in [5.74, 6) is -0.198. The Hall–Kier alpha value is -3.72. The molecule has 0 aliphatic heterocycles. The summed E-state index contributed by atoms with van der Waals surface area (Å²) >= 11 is 6.27. The van der Waals surface area contributed by atoms with E-state index in [1.54, 1.807) is 12.1 Å². The number of nitrogens with one attached hydrogen (secondary N) is 2. The van der Waals surface area contributed by atoms with Gasteiger partial charge in [-0.15, -0.1) is 0 Å². The Bertz CT molecular complexity index is 1200. The van der Waals surface area contributed by atoms with Gasteiger partial charge in [-0.1, -0.05) is 11.6 Å². The molecule has 10 heteroatoms. The summed E-state index contributed by atoms with van der Waals surface area (Å²) in [6, 6.07) is 10.1. The SMILES string of the molecule is CCOc1cc(/C=N/NC(=O)c2cc(-c3ccc(F)cc3)nc(=O)[nH]2)cc(Cl)c1OCC. The van der Waals surface area contributed by atoms with E-state index >= 15 is 0 Å². The number of H-pyrrole nitrogens is 1. The van der Waals surface area contributed by atoms with Crippen molar-refractivity contribution in [3.05, 3.63) is 75.0 Å². The Balaban J connectivity index is 1.78. The first-order chi connectivity index (χ1) is 15.4. The Labute approximate surface area is 188 Å². The number of benzene rings is 2. The first-order valence-electron chi connectivity index (χ1n) is 9.71. The van der Waals surface area contributed by atoms with Crippen molar-refractivity contribution < 1.29 is 18.7 Å². The zero-order valence-corrected chi connectivity index (χ0v) is 18.1. The third-order valence-electron chi connectivity index (χ3n) is 4.13. The molecule has 1 amide bonds. The summed E-state index contributed by atoms with van der Waals surface area (Å²) in [7, 11) is 0. The van der Waals surface area contributed by atoms with Crippen molar-refractivity contribution in [1.29, 1.82) is 0 Å². The van der Waals surface area contributed by atoms with Gasteiger partial charge in [0.25, 0.3) is 5.91 Å². The standard InChI is InChI=1S/C22H20ClFN4O4/c1-3-31-19-10-13(9-16(23)20(19)32-4-2)12-25-28-21(29)18-11-17(26-22(30)27-18)14-5-7-15(24)8-6-14/h5-12H,3-4H2,1-2H3,(H,28,29)(H,26,27,30)/b25-12+. The lowest BCUT2D eigenvalue weighted by Crippen LogP contribution is -2.24. The van der Waals surface area contributed by atoms with E-state index in [1.165, 1.54) is 36.5 Å². The first kappa shape index (κ1) is 23.0. The van der Waals surface area contributed by atoms with Gasteiger partial charge in [-0.25, -0.2) is 14.6 Å². The third-order valence-corrected chi connectivity index (χ3v) is 4.41. The second kappa shape index (κ2) is 10.5. The van der Waals surface area contributed by atoms with E-state index in [0.29, 0.717) is 40.9 Å². The molecule has 0 fully saturated rings. The van der Waals surface area contributed by atoms with E-state index in [4.69, 9.17) is 21.1 Å².